The van der Waals surface area contributed by atoms with Crippen molar-refractivity contribution in [1.29, 1.82) is 0 Å². The molecule has 1 nitrogen and oxygen atoms in total. The molecule has 0 unspecified atom stereocenters. The van der Waals surface area contributed by atoms with E-state index in [1.54, 1.807) is 0 Å². The lowest BCUT2D eigenvalue weighted by Gasteiger charge is -1.93. The maximum Gasteiger partial charge on any atom is 0.130 e. The second-order valence-electron chi connectivity index (χ2n) is 1.70. The summed E-state index contributed by atoms with van der Waals surface area (Å²) in [4.78, 5) is 11.1. The Labute approximate surface area is 65.9 Å². The van der Waals surface area contributed by atoms with Gasteiger partial charge in [-0.3, -0.25) is 0 Å². The Hall–Kier alpha value is -0.760. The highest BCUT2D eigenvalue weighted by Gasteiger charge is 1.87. The van der Waals surface area contributed by atoms with Crippen LogP contribution >= 0.6 is 11.8 Å². The molecule has 0 spiro atoms. The smallest absolute Gasteiger partial charge is 0.130 e. The van der Waals surface area contributed by atoms with E-state index in [4.69, 9.17) is 1.37 Å². The molecule has 1 aromatic carbocycles. The van der Waals surface area contributed by atoms with Crippen LogP contribution in [-0.4, -0.2) is 12.0 Å². The molecule has 0 heterocycles. The monoisotopic (exact) mass is 153 g/mol. The topological polar surface area (TPSA) is 17.1 Å². The van der Waals surface area contributed by atoms with Crippen molar-refractivity contribution in [2.75, 3.05) is 5.73 Å². The van der Waals surface area contributed by atoms with Gasteiger partial charge in [0.05, 0.1) is 5.73 Å². The Kier molecular flexibility index (Phi) is 2.46. The Morgan fingerprint density at radius 3 is 2.80 bits per heavy atom. The molecule has 0 aliphatic carbocycles. The van der Waals surface area contributed by atoms with Crippen molar-refractivity contribution in [2.45, 2.75) is 4.90 Å². The molecule has 1 aromatic rings. The second kappa shape index (κ2) is 4.12. The van der Waals surface area contributed by atoms with Crippen LogP contribution in [0.15, 0.2) is 35.2 Å². The highest BCUT2D eigenvalue weighted by Crippen LogP contribution is 2.14. The minimum absolute atomic E-state index is 0.623. The van der Waals surface area contributed by atoms with E-state index in [-0.39, 0.29) is 0 Å². The summed E-state index contributed by atoms with van der Waals surface area (Å²) in [5, 5.41) is 0. The number of benzene rings is 1. The molecule has 0 aliphatic heterocycles. The molecular weight excluding hydrogens is 144 g/mol. The van der Waals surface area contributed by atoms with Crippen LogP contribution in [0, 0.1) is 0 Å². The third-order valence-electron chi connectivity index (χ3n) is 1.00. The number of carbonyl (C=O) groups is 1. The number of hydrogen-bond acceptors (Lipinski definition) is 2. The van der Waals surface area contributed by atoms with E-state index >= 15 is 0 Å². The summed E-state index contributed by atoms with van der Waals surface area (Å²) in [5.41, 5.74) is -0.697. The minimum atomic E-state index is -0.697. The molecule has 1 atom stereocenters. The second-order valence-corrected chi connectivity index (χ2v) is 2.68. The number of aldehydes is 1. The number of carbonyl (C=O) groups excluding carboxylic acids is 1. The van der Waals surface area contributed by atoms with E-state index in [2.05, 4.69) is 0 Å². The van der Waals surface area contributed by atoms with Gasteiger partial charge in [0.1, 0.15) is 6.29 Å². The fourth-order valence-corrected chi connectivity index (χ4v) is 1.13. The first-order valence-electron chi connectivity index (χ1n) is 3.50. The van der Waals surface area contributed by atoms with Crippen molar-refractivity contribution in [2.24, 2.45) is 0 Å². The van der Waals surface area contributed by atoms with Gasteiger partial charge in [-0.25, -0.2) is 0 Å². The molecule has 0 radical (unpaired) electrons. The molecule has 0 fully saturated rings. The molecule has 0 bridgehead atoms. The minimum Gasteiger partial charge on any atom is -0.302 e. The van der Waals surface area contributed by atoms with Gasteiger partial charge >= 0.3 is 0 Å². The van der Waals surface area contributed by atoms with Crippen LogP contribution in [0.3, 0.4) is 0 Å². The quantitative estimate of drug-likeness (QED) is 0.488. The van der Waals surface area contributed by atoms with E-state index in [0.717, 1.165) is 4.90 Å². The number of hydrogen-bond donors (Lipinski definition) is 0. The first-order chi connectivity index (χ1) is 5.33. The van der Waals surface area contributed by atoms with Crippen molar-refractivity contribution in [3.8, 4) is 0 Å². The maximum absolute atomic E-state index is 10.1. The Balaban J connectivity index is 2.57. The van der Waals surface area contributed by atoms with E-state index in [1.807, 2.05) is 30.3 Å². The van der Waals surface area contributed by atoms with E-state index in [0.29, 0.717) is 6.29 Å². The van der Waals surface area contributed by atoms with E-state index in [1.165, 1.54) is 11.8 Å². The largest absolute Gasteiger partial charge is 0.302 e. The third-order valence-corrected chi connectivity index (χ3v) is 1.79. The lowest BCUT2D eigenvalue weighted by atomic mass is 10.4. The van der Waals surface area contributed by atoms with Gasteiger partial charge in [-0.1, -0.05) is 18.2 Å². The first-order valence-corrected chi connectivity index (χ1v) is 3.80. The zero-order chi connectivity index (χ0) is 8.10. The lowest BCUT2D eigenvalue weighted by Crippen LogP contribution is -1.76. The van der Waals surface area contributed by atoms with Crippen LogP contribution in [0.25, 0.3) is 0 Å². The molecule has 0 aromatic heterocycles. The average molecular weight is 153 g/mol. The SMILES string of the molecule is [2H][C@@H](C=O)Sc1ccccc1. The fourth-order valence-electron chi connectivity index (χ4n) is 0.605. The van der Waals surface area contributed by atoms with Crippen LogP contribution in [0.2, 0.25) is 0 Å². The normalized spacial score (nSPS) is 13.8. The first kappa shape index (κ1) is 5.98. The van der Waals surface area contributed by atoms with Crippen molar-refractivity contribution in [3.05, 3.63) is 30.3 Å². The summed E-state index contributed by atoms with van der Waals surface area (Å²) in [6, 6.07) is 9.45. The molecule has 0 saturated carbocycles. The molecule has 52 valence electrons. The summed E-state index contributed by atoms with van der Waals surface area (Å²) < 4.78 is 7.15. The Morgan fingerprint density at radius 2 is 2.20 bits per heavy atom. The molecule has 1 rings (SSSR count). The summed E-state index contributed by atoms with van der Waals surface area (Å²) in [6.45, 7) is 0. The van der Waals surface area contributed by atoms with Crippen LogP contribution < -0.4 is 0 Å². The van der Waals surface area contributed by atoms with Gasteiger partial charge in [-0.05, 0) is 12.1 Å². The zero-order valence-electron chi connectivity index (χ0n) is 6.36. The molecule has 2 heteroatoms. The van der Waals surface area contributed by atoms with Crippen molar-refractivity contribution < 1.29 is 6.17 Å². The standard InChI is InChI=1S/C8H8OS/c9-6-7-10-8-4-2-1-3-5-8/h1-6H,7H2/i7D/t7-/m0/s1. The van der Waals surface area contributed by atoms with Crippen molar-refractivity contribution in [1.82, 2.24) is 0 Å². The van der Waals surface area contributed by atoms with Gasteiger partial charge in [-0.15, -0.1) is 11.8 Å². The summed E-state index contributed by atoms with van der Waals surface area (Å²) in [6.07, 6.45) is 0.623. The van der Waals surface area contributed by atoms with Gasteiger partial charge in [0.25, 0.3) is 0 Å². The van der Waals surface area contributed by atoms with Gasteiger partial charge in [0.15, 0.2) is 0 Å². The average Bonchev–Trinajstić information content (AvgIpc) is 2.06. The Bertz CT molecular complexity index is 225. The Morgan fingerprint density at radius 1 is 1.50 bits per heavy atom. The van der Waals surface area contributed by atoms with E-state index < -0.39 is 5.73 Å². The molecule has 0 aliphatic rings. The molecule has 0 N–H and O–H groups in total. The fraction of sp³-hybridized carbons (Fsp3) is 0.125. The van der Waals surface area contributed by atoms with Gasteiger partial charge < -0.3 is 4.79 Å². The highest BCUT2D eigenvalue weighted by molar-refractivity contribution is 7.99. The predicted molar refractivity (Wildman–Crippen MR) is 43.2 cm³/mol. The lowest BCUT2D eigenvalue weighted by molar-refractivity contribution is -0.105. The zero-order valence-corrected chi connectivity index (χ0v) is 6.17. The third kappa shape index (κ3) is 2.23. The van der Waals surface area contributed by atoms with Crippen LogP contribution in [0.1, 0.15) is 1.37 Å². The van der Waals surface area contributed by atoms with Gasteiger partial charge in [-0.2, -0.15) is 0 Å². The number of rotatable bonds is 3. The van der Waals surface area contributed by atoms with Gasteiger partial charge in [0, 0.05) is 6.27 Å². The maximum atomic E-state index is 10.1. The van der Waals surface area contributed by atoms with E-state index in [9.17, 15) is 4.79 Å². The van der Waals surface area contributed by atoms with Gasteiger partial charge in [0.2, 0.25) is 0 Å². The van der Waals surface area contributed by atoms with Crippen LogP contribution in [-0.2, 0) is 4.79 Å². The molecule has 0 saturated heterocycles. The number of thioether (sulfide) groups is 1. The molecular formula is C8H8OS. The van der Waals surface area contributed by atoms with Crippen molar-refractivity contribution >= 4 is 18.0 Å². The summed E-state index contributed by atoms with van der Waals surface area (Å²) >= 11 is 1.24. The highest BCUT2D eigenvalue weighted by atomic mass is 32.2. The molecule has 0 amide bonds. The summed E-state index contributed by atoms with van der Waals surface area (Å²) in [7, 11) is 0. The van der Waals surface area contributed by atoms with Crippen molar-refractivity contribution in [3.63, 3.8) is 0 Å². The molecule has 10 heavy (non-hydrogen) atoms. The predicted octanol–water partition coefficient (Wildman–Crippen LogP) is 1.98. The van der Waals surface area contributed by atoms with Crippen LogP contribution in [0.5, 0.6) is 0 Å². The summed E-state index contributed by atoms with van der Waals surface area (Å²) in [5.74, 6) is 0. The van der Waals surface area contributed by atoms with Crippen LogP contribution in [0.4, 0.5) is 0 Å².